The van der Waals surface area contributed by atoms with E-state index in [1.54, 1.807) is 11.3 Å². The van der Waals surface area contributed by atoms with Gasteiger partial charge in [-0.25, -0.2) is 9.50 Å². The van der Waals surface area contributed by atoms with E-state index in [1.807, 2.05) is 47.2 Å². The lowest BCUT2D eigenvalue weighted by atomic mass is 10.3. The molecule has 4 aromatic rings. The molecule has 0 saturated carbocycles. The third kappa shape index (κ3) is 3.00. The molecule has 0 aliphatic rings. The minimum Gasteiger partial charge on any atom is -0.368 e. The van der Waals surface area contributed by atoms with Crippen LogP contribution in [0.2, 0.25) is 0 Å². The van der Waals surface area contributed by atoms with E-state index in [-0.39, 0.29) is 0 Å². The van der Waals surface area contributed by atoms with Gasteiger partial charge in [-0.15, -0.1) is 16.4 Å². The summed E-state index contributed by atoms with van der Waals surface area (Å²) in [5.74, 6) is 0.839. The Bertz CT molecular complexity index is 958. The number of imidazole rings is 1. The number of fused-ring (bicyclic) bond motifs is 1. The third-order valence-electron chi connectivity index (χ3n) is 3.76. The van der Waals surface area contributed by atoms with Crippen LogP contribution in [0.25, 0.3) is 16.2 Å². The Morgan fingerprint density at radius 3 is 2.92 bits per heavy atom. The van der Waals surface area contributed by atoms with E-state index >= 15 is 0 Å². The summed E-state index contributed by atoms with van der Waals surface area (Å²) < 4.78 is 1.90. The lowest BCUT2D eigenvalue weighted by Crippen LogP contribution is -2.08. The Morgan fingerprint density at radius 2 is 2.12 bits per heavy atom. The maximum atomic E-state index is 4.68. The standard InChI is InChI=1S/C18H17N5S/c1-13-10-16(24-12-13)15-11-21-18-6-5-17(22-23(15)18)20-9-7-14-4-2-3-8-19-14/h2-6,8,10-12H,7,9H2,1H3,(H,20,22). The van der Waals surface area contributed by atoms with Crippen molar-refractivity contribution in [1.82, 2.24) is 19.6 Å². The highest BCUT2D eigenvalue weighted by Crippen LogP contribution is 2.27. The summed E-state index contributed by atoms with van der Waals surface area (Å²) in [5, 5.41) is 10.2. The lowest BCUT2D eigenvalue weighted by molar-refractivity contribution is 0.908. The van der Waals surface area contributed by atoms with Gasteiger partial charge in [-0.2, -0.15) is 0 Å². The molecule has 4 rings (SSSR count). The molecule has 0 saturated heterocycles. The van der Waals surface area contributed by atoms with E-state index in [2.05, 4.69) is 38.8 Å². The quantitative estimate of drug-likeness (QED) is 0.602. The molecule has 0 atom stereocenters. The van der Waals surface area contributed by atoms with Crippen molar-refractivity contribution in [2.24, 2.45) is 0 Å². The zero-order valence-corrected chi connectivity index (χ0v) is 14.1. The Labute approximate surface area is 144 Å². The summed E-state index contributed by atoms with van der Waals surface area (Å²) in [6.45, 7) is 2.89. The van der Waals surface area contributed by atoms with Gasteiger partial charge in [0.25, 0.3) is 0 Å². The number of rotatable bonds is 5. The second-order valence-electron chi connectivity index (χ2n) is 5.62. The van der Waals surface area contributed by atoms with Gasteiger partial charge < -0.3 is 5.32 Å². The van der Waals surface area contributed by atoms with Crippen LogP contribution in [0.3, 0.4) is 0 Å². The van der Waals surface area contributed by atoms with Crippen LogP contribution in [0.4, 0.5) is 5.82 Å². The number of nitrogens with zero attached hydrogens (tertiary/aromatic N) is 4. The van der Waals surface area contributed by atoms with Gasteiger partial charge in [0.05, 0.1) is 11.1 Å². The number of aromatic nitrogens is 4. The Kier molecular flexibility index (Phi) is 3.96. The van der Waals surface area contributed by atoms with Gasteiger partial charge in [-0.05, 0) is 48.2 Å². The average molecular weight is 335 g/mol. The summed E-state index contributed by atoms with van der Waals surface area (Å²) in [5.41, 5.74) is 4.21. The van der Waals surface area contributed by atoms with Crippen molar-refractivity contribution in [3.8, 4) is 10.6 Å². The Morgan fingerprint density at radius 1 is 1.17 bits per heavy atom. The SMILES string of the molecule is Cc1csc(-c2cnc3ccc(NCCc4ccccn4)nn23)c1. The van der Waals surface area contributed by atoms with Crippen molar-refractivity contribution in [2.75, 3.05) is 11.9 Å². The Hall–Kier alpha value is -2.73. The first-order valence-electron chi connectivity index (χ1n) is 7.84. The van der Waals surface area contributed by atoms with Crippen LogP contribution in [-0.4, -0.2) is 26.1 Å². The van der Waals surface area contributed by atoms with E-state index in [4.69, 9.17) is 0 Å². The predicted molar refractivity (Wildman–Crippen MR) is 97.5 cm³/mol. The molecule has 4 aromatic heterocycles. The lowest BCUT2D eigenvalue weighted by Gasteiger charge is -2.06. The number of anilines is 1. The van der Waals surface area contributed by atoms with Crippen molar-refractivity contribution >= 4 is 22.8 Å². The first-order chi connectivity index (χ1) is 11.8. The zero-order chi connectivity index (χ0) is 16.4. The third-order valence-corrected chi connectivity index (χ3v) is 4.83. The Balaban J connectivity index is 1.54. The molecule has 0 bridgehead atoms. The molecule has 120 valence electrons. The van der Waals surface area contributed by atoms with Gasteiger partial charge in [0.15, 0.2) is 5.65 Å². The van der Waals surface area contributed by atoms with Gasteiger partial charge in [0, 0.05) is 24.9 Å². The molecule has 1 N–H and O–H groups in total. The van der Waals surface area contributed by atoms with Gasteiger partial charge in [0.1, 0.15) is 11.5 Å². The van der Waals surface area contributed by atoms with E-state index in [1.165, 1.54) is 10.4 Å². The molecule has 6 heteroatoms. The summed E-state index contributed by atoms with van der Waals surface area (Å²) in [6.07, 6.45) is 4.56. The zero-order valence-electron chi connectivity index (χ0n) is 13.3. The van der Waals surface area contributed by atoms with Gasteiger partial charge in [0.2, 0.25) is 0 Å². The van der Waals surface area contributed by atoms with E-state index in [0.29, 0.717) is 0 Å². The van der Waals surface area contributed by atoms with Crippen LogP contribution < -0.4 is 5.32 Å². The number of hydrogen-bond acceptors (Lipinski definition) is 5. The number of aryl methyl sites for hydroxylation is 1. The fourth-order valence-corrected chi connectivity index (χ4v) is 3.46. The van der Waals surface area contributed by atoms with Crippen LogP contribution in [0.15, 0.2) is 54.2 Å². The molecule has 0 aromatic carbocycles. The van der Waals surface area contributed by atoms with Gasteiger partial charge in [-0.3, -0.25) is 4.98 Å². The van der Waals surface area contributed by atoms with Crippen LogP contribution in [0.1, 0.15) is 11.3 Å². The molecule has 0 radical (unpaired) electrons. The number of nitrogens with one attached hydrogen (secondary N) is 1. The predicted octanol–water partition coefficient (Wildman–Crippen LogP) is 3.82. The smallest absolute Gasteiger partial charge is 0.154 e. The first-order valence-corrected chi connectivity index (χ1v) is 8.72. The second-order valence-corrected chi connectivity index (χ2v) is 6.53. The summed E-state index contributed by atoms with van der Waals surface area (Å²) >= 11 is 1.71. The first kappa shape index (κ1) is 14.8. The summed E-state index contributed by atoms with van der Waals surface area (Å²) in [4.78, 5) is 9.95. The minimum atomic E-state index is 0.789. The van der Waals surface area contributed by atoms with Gasteiger partial charge >= 0.3 is 0 Å². The van der Waals surface area contributed by atoms with Crippen LogP contribution in [0, 0.1) is 6.92 Å². The molecule has 0 unspecified atom stereocenters. The van der Waals surface area contributed by atoms with E-state index in [9.17, 15) is 0 Å². The maximum absolute atomic E-state index is 4.68. The number of hydrogen-bond donors (Lipinski definition) is 1. The molecule has 0 amide bonds. The van der Waals surface area contributed by atoms with E-state index < -0.39 is 0 Å². The van der Waals surface area contributed by atoms with Crippen molar-refractivity contribution in [2.45, 2.75) is 13.3 Å². The highest BCUT2D eigenvalue weighted by molar-refractivity contribution is 7.13. The highest BCUT2D eigenvalue weighted by atomic mass is 32.1. The number of pyridine rings is 1. The highest BCUT2D eigenvalue weighted by Gasteiger charge is 2.09. The van der Waals surface area contributed by atoms with E-state index in [0.717, 1.165) is 35.8 Å². The van der Waals surface area contributed by atoms with Gasteiger partial charge in [-0.1, -0.05) is 6.07 Å². The van der Waals surface area contributed by atoms with Crippen LogP contribution in [-0.2, 0) is 6.42 Å². The average Bonchev–Trinajstić information content (AvgIpc) is 3.21. The summed E-state index contributed by atoms with van der Waals surface area (Å²) in [6, 6.07) is 12.1. The molecule has 0 aliphatic carbocycles. The number of thiophene rings is 1. The van der Waals surface area contributed by atoms with Crippen LogP contribution >= 0.6 is 11.3 Å². The normalized spacial score (nSPS) is 11.0. The molecule has 24 heavy (non-hydrogen) atoms. The molecular formula is C18H17N5S. The fourth-order valence-electron chi connectivity index (χ4n) is 2.57. The van der Waals surface area contributed by atoms with Crippen molar-refractivity contribution in [1.29, 1.82) is 0 Å². The molecule has 0 fully saturated rings. The summed E-state index contributed by atoms with van der Waals surface area (Å²) in [7, 11) is 0. The molecule has 0 spiro atoms. The second kappa shape index (κ2) is 6.41. The maximum Gasteiger partial charge on any atom is 0.154 e. The largest absolute Gasteiger partial charge is 0.368 e. The molecule has 5 nitrogen and oxygen atoms in total. The fraction of sp³-hybridized carbons (Fsp3) is 0.167. The van der Waals surface area contributed by atoms with Crippen molar-refractivity contribution in [3.63, 3.8) is 0 Å². The van der Waals surface area contributed by atoms with Crippen LogP contribution in [0.5, 0.6) is 0 Å². The molecular weight excluding hydrogens is 318 g/mol. The molecule has 4 heterocycles. The monoisotopic (exact) mass is 335 g/mol. The van der Waals surface area contributed by atoms with Crippen molar-refractivity contribution < 1.29 is 0 Å². The van der Waals surface area contributed by atoms with Crippen molar-refractivity contribution in [3.05, 3.63) is 65.4 Å². The topological polar surface area (TPSA) is 55.1 Å². The molecule has 0 aliphatic heterocycles. The minimum absolute atomic E-state index is 0.789.